The van der Waals surface area contributed by atoms with E-state index in [2.05, 4.69) is 27.1 Å². The minimum Gasteiger partial charge on any atom is -0.493 e. The Morgan fingerprint density at radius 2 is 1.92 bits per heavy atom. The van der Waals surface area contributed by atoms with E-state index in [0.29, 0.717) is 24.7 Å². The molecule has 0 unspecified atom stereocenters. The molecular weight excluding hydrogens is 461 g/mol. The molecule has 0 spiro atoms. The van der Waals surface area contributed by atoms with Crippen LogP contribution in [-0.2, 0) is 11.2 Å². The van der Waals surface area contributed by atoms with Crippen LogP contribution in [0.3, 0.4) is 0 Å². The maximum Gasteiger partial charge on any atom is 0.254 e. The van der Waals surface area contributed by atoms with Gasteiger partial charge in [0.1, 0.15) is 17.6 Å². The summed E-state index contributed by atoms with van der Waals surface area (Å²) in [6.45, 7) is 8.16. The number of piperidine rings is 1. The molecule has 1 saturated heterocycles. The lowest BCUT2D eigenvalue weighted by Crippen LogP contribution is -2.48. The van der Waals surface area contributed by atoms with Crippen LogP contribution in [0.5, 0.6) is 5.75 Å². The molecule has 2 amide bonds. The van der Waals surface area contributed by atoms with Crippen LogP contribution in [0.2, 0.25) is 0 Å². The Labute approximate surface area is 212 Å². The summed E-state index contributed by atoms with van der Waals surface area (Å²) in [5, 5.41) is 2.55. The molecule has 3 N–H and O–H groups in total. The summed E-state index contributed by atoms with van der Waals surface area (Å²) in [6, 6.07) is 3.31. The number of halogens is 1. The number of carbonyl (C=O) groups is 2. The van der Waals surface area contributed by atoms with Gasteiger partial charge in [-0.15, -0.1) is 0 Å². The van der Waals surface area contributed by atoms with Gasteiger partial charge < -0.3 is 20.7 Å². The number of ether oxygens (including phenoxy) is 1. The molecule has 0 aliphatic carbocycles. The number of hydrogen-bond acceptors (Lipinski definition) is 6. The highest BCUT2D eigenvalue weighted by Crippen LogP contribution is 2.25. The second kappa shape index (κ2) is 13.2. The molecule has 0 saturated carbocycles. The van der Waals surface area contributed by atoms with Gasteiger partial charge in [-0.1, -0.05) is 27.2 Å². The Morgan fingerprint density at radius 1 is 1.22 bits per heavy atom. The standard InChI is InChI=1S/C27H38FN5O3/c1-4-18(3)24(25(29)34)32-26(35)22-9-8-21(15-23(22)28)36-14-6-7-20-10-12-33(13-11-20)27-30-16-19(5-2)17-31-27/h8-9,15-18,20,24H,4-7,10-14H2,1-3H3,(H2,29,34)(H,32,35)/t18-,24-/m0/s1. The number of aromatic nitrogens is 2. The molecule has 2 aromatic rings. The van der Waals surface area contributed by atoms with Crippen molar-refractivity contribution >= 4 is 17.8 Å². The fraction of sp³-hybridized carbons (Fsp3) is 0.556. The first kappa shape index (κ1) is 27.4. The number of aryl methyl sites for hydroxylation is 1. The van der Waals surface area contributed by atoms with Crippen molar-refractivity contribution in [1.82, 2.24) is 15.3 Å². The third kappa shape index (κ3) is 7.38. The highest BCUT2D eigenvalue weighted by atomic mass is 19.1. The van der Waals surface area contributed by atoms with Crippen LogP contribution in [-0.4, -0.2) is 47.5 Å². The van der Waals surface area contributed by atoms with E-state index in [4.69, 9.17) is 10.5 Å². The molecule has 3 rings (SSSR count). The fourth-order valence-electron chi connectivity index (χ4n) is 4.40. The van der Waals surface area contributed by atoms with Crippen molar-refractivity contribution in [1.29, 1.82) is 0 Å². The average molecular weight is 500 g/mol. The number of nitrogens with two attached hydrogens (primary N) is 1. The van der Waals surface area contributed by atoms with Crippen LogP contribution < -0.4 is 20.7 Å². The lowest BCUT2D eigenvalue weighted by molar-refractivity contribution is -0.120. The first-order chi connectivity index (χ1) is 17.3. The average Bonchev–Trinajstić information content (AvgIpc) is 2.89. The Kier molecular flexibility index (Phi) is 10.0. The van der Waals surface area contributed by atoms with Crippen LogP contribution in [0.4, 0.5) is 10.3 Å². The first-order valence-corrected chi connectivity index (χ1v) is 12.9. The van der Waals surface area contributed by atoms with E-state index < -0.39 is 23.7 Å². The fourth-order valence-corrected chi connectivity index (χ4v) is 4.40. The smallest absolute Gasteiger partial charge is 0.254 e. The van der Waals surface area contributed by atoms with Crippen molar-refractivity contribution in [3.63, 3.8) is 0 Å². The molecule has 0 radical (unpaired) electrons. The number of amides is 2. The van der Waals surface area contributed by atoms with Crippen LogP contribution >= 0.6 is 0 Å². The molecule has 36 heavy (non-hydrogen) atoms. The lowest BCUT2D eigenvalue weighted by Gasteiger charge is -2.32. The van der Waals surface area contributed by atoms with Crippen molar-refractivity contribution in [2.24, 2.45) is 17.6 Å². The Hall–Kier alpha value is -3.23. The number of nitrogens with one attached hydrogen (secondary N) is 1. The highest BCUT2D eigenvalue weighted by Gasteiger charge is 2.25. The van der Waals surface area contributed by atoms with Gasteiger partial charge >= 0.3 is 0 Å². The van der Waals surface area contributed by atoms with Crippen LogP contribution in [0.15, 0.2) is 30.6 Å². The normalized spacial score (nSPS) is 15.8. The number of benzene rings is 1. The molecule has 1 aliphatic rings. The molecular formula is C27H38FN5O3. The van der Waals surface area contributed by atoms with E-state index in [1.54, 1.807) is 6.07 Å². The molecule has 0 bridgehead atoms. The number of carbonyl (C=O) groups excluding carboxylic acids is 2. The van der Waals surface area contributed by atoms with Gasteiger partial charge in [-0.05, 0) is 61.6 Å². The highest BCUT2D eigenvalue weighted by molar-refractivity contribution is 5.97. The maximum atomic E-state index is 14.6. The number of hydrogen-bond donors (Lipinski definition) is 2. The minimum atomic E-state index is -0.848. The quantitative estimate of drug-likeness (QED) is 0.429. The number of nitrogens with zero attached hydrogens (tertiary/aromatic N) is 3. The zero-order valence-corrected chi connectivity index (χ0v) is 21.5. The van der Waals surface area contributed by atoms with E-state index in [1.807, 2.05) is 26.2 Å². The van der Waals surface area contributed by atoms with Gasteiger partial charge in [0.2, 0.25) is 11.9 Å². The summed E-state index contributed by atoms with van der Waals surface area (Å²) in [4.78, 5) is 35.3. The van der Waals surface area contributed by atoms with Crippen molar-refractivity contribution in [2.75, 3.05) is 24.6 Å². The molecule has 9 heteroatoms. The van der Waals surface area contributed by atoms with Crippen LogP contribution in [0.1, 0.15) is 68.8 Å². The third-order valence-corrected chi connectivity index (χ3v) is 7.01. The SMILES string of the molecule is CCc1cnc(N2CCC(CCCOc3ccc(C(=O)N[C@H](C(N)=O)[C@@H](C)CC)c(F)c3)CC2)nc1. The maximum absolute atomic E-state index is 14.6. The summed E-state index contributed by atoms with van der Waals surface area (Å²) >= 11 is 0. The predicted molar refractivity (Wildman–Crippen MR) is 137 cm³/mol. The number of primary amides is 1. The molecule has 2 heterocycles. The van der Waals surface area contributed by atoms with Gasteiger partial charge in [0.25, 0.3) is 5.91 Å². The zero-order chi connectivity index (χ0) is 26.1. The zero-order valence-electron chi connectivity index (χ0n) is 21.5. The molecule has 1 fully saturated rings. The summed E-state index contributed by atoms with van der Waals surface area (Å²) in [5.41, 5.74) is 6.39. The third-order valence-electron chi connectivity index (χ3n) is 7.01. The topological polar surface area (TPSA) is 110 Å². The van der Waals surface area contributed by atoms with Gasteiger partial charge in [0.05, 0.1) is 12.2 Å². The largest absolute Gasteiger partial charge is 0.493 e. The van der Waals surface area contributed by atoms with Gasteiger partial charge in [-0.2, -0.15) is 0 Å². The van der Waals surface area contributed by atoms with Crippen LogP contribution in [0, 0.1) is 17.7 Å². The van der Waals surface area contributed by atoms with E-state index in [0.717, 1.165) is 56.7 Å². The summed E-state index contributed by atoms with van der Waals surface area (Å²) in [5.74, 6) is -0.350. The number of anilines is 1. The summed E-state index contributed by atoms with van der Waals surface area (Å²) < 4.78 is 20.3. The molecule has 1 aromatic heterocycles. The van der Waals surface area contributed by atoms with Crippen molar-refractivity contribution in [3.8, 4) is 5.75 Å². The number of rotatable bonds is 12. The molecule has 1 aliphatic heterocycles. The second-order valence-corrected chi connectivity index (χ2v) is 9.55. The van der Waals surface area contributed by atoms with Gasteiger partial charge in [-0.3, -0.25) is 9.59 Å². The van der Waals surface area contributed by atoms with Crippen molar-refractivity contribution in [3.05, 3.63) is 47.5 Å². The molecule has 2 atom stereocenters. The van der Waals surface area contributed by atoms with E-state index in [9.17, 15) is 14.0 Å². The van der Waals surface area contributed by atoms with E-state index in [1.165, 1.54) is 12.1 Å². The Morgan fingerprint density at radius 3 is 2.50 bits per heavy atom. The minimum absolute atomic E-state index is 0.142. The second-order valence-electron chi connectivity index (χ2n) is 9.55. The van der Waals surface area contributed by atoms with Gasteiger partial charge in [0.15, 0.2) is 0 Å². The summed E-state index contributed by atoms with van der Waals surface area (Å²) in [6.07, 6.45) is 9.47. The molecule has 196 valence electrons. The van der Waals surface area contributed by atoms with Crippen molar-refractivity contribution in [2.45, 2.75) is 65.3 Å². The van der Waals surface area contributed by atoms with Crippen molar-refractivity contribution < 1.29 is 18.7 Å². The van der Waals surface area contributed by atoms with E-state index in [-0.39, 0.29) is 11.5 Å². The Balaban J connectivity index is 1.41. The van der Waals surface area contributed by atoms with E-state index >= 15 is 0 Å². The summed E-state index contributed by atoms with van der Waals surface area (Å²) in [7, 11) is 0. The lowest BCUT2D eigenvalue weighted by atomic mass is 9.92. The van der Waals surface area contributed by atoms with Gasteiger partial charge in [-0.25, -0.2) is 14.4 Å². The first-order valence-electron chi connectivity index (χ1n) is 12.9. The predicted octanol–water partition coefficient (Wildman–Crippen LogP) is 3.88. The molecule has 1 aromatic carbocycles. The van der Waals surface area contributed by atoms with Crippen LogP contribution in [0.25, 0.3) is 0 Å². The molecule has 8 nitrogen and oxygen atoms in total. The monoisotopic (exact) mass is 499 g/mol. The Bertz CT molecular complexity index is 1010. The van der Waals surface area contributed by atoms with Gasteiger partial charge in [0, 0.05) is 31.5 Å².